The molecule has 0 atom stereocenters. The van der Waals surface area contributed by atoms with Crippen LogP contribution in [0.25, 0.3) is 0 Å². The summed E-state index contributed by atoms with van der Waals surface area (Å²) >= 11 is 1.87. The number of hydrogen-bond acceptors (Lipinski definition) is 5. The summed E-state index contributed by atoms with van der Waals surface area (Å²) in [6, 6.07) is 6.90. The van der Waals surface area contributed by atoms with Gasteiger partial charge in [-0.1, -0.05) is 17.3 Å². The number of oxime groups is 1. The number of ether oxygens (including phenoxy) is 1. The van der Waals surface area contributed by atoms with Gasteiger partial charge in [0.1, 0.15) is 5.75 Å². The lowest BCUT2D eigenvalue weighted by molar-refractivity contribution is -0.133. The SMILES string of the molecule is NC(=NO)c1ccccc1OCC(=O)N1CCCSCC1. The molecule has 0 saturated carbocycles. The van der Waals surface area contributed by atoms with Crippen molar-refractivity contribution in [3.63, 3.8) is 0 Å². The van der Waals surface area contributed by atoms with Gasteiger partial charge in [-0.2, -0.15) is 11.8 Å². The summed E-state index contributed by atoms with van der Waals surface area (Å²) in [6.45, 7) is 1.49. The first-order valence-corrected chi connectivity index (χ1v) is 7.93. The lowest BCUT2D eigenvalue weighted by Gasteiger charge is -2.20. The van der Waals surface area contributed by atoms with E-state index in [2.05, 4.69) is 5.16 Å². The molecule has 1 aromatic rings. The molecule has 1 amide bonds. The van der Waals surface area contributed by atoms with E-state index in [9.17, 15) is 4.79 Å². The smallest absolute Gasteiger partial charge is 0.260 e. The van der Waals surface area contributed by atoms with Gasteiger partial charge in [0, 0.05) is 18.8 Å². The lowest BCUT2D eigenvalue weighted by atomic mass is 10.2. The van der Waals surface area contributed by atoms with E-state index >= 15 is 0 Å². The second kappa shape index (κ2) is 7.78. The van der Waals surface area contributed by atoms with E-state index in [1.807, 2.05) is 16.7 Å². The molecule has 21 heavy (non-hydrogen) atoms. The molecule has 6 nitrogen and oxygen atoms in total. The molecule has 114 valence electrons. The topological polar surface area (TPSA) is 88.1 Å². The molecule has 3 N–H and O–H groups in total. The Morgan fingerprint density at radius 1 is 1.38 bits per heavy atom. The molecule has 1 aromatic carbocycles. The van der Waals surface area contributed by atoms with Gasteiger partial charge in [0.05, 0.1) is 5.56 Å². The maximum absolute atomic E-state index is 12.2. The van der Waals surface area contributed by atoms with Crippen LogP contribution in [0.2, 0.25) is 0 Å². The number of carbonyl (C=O) groups is 1. The van der Waals surface area contributed by atoms with Gasteiger partial charge in [0.2, 0.25) is 0 Å². The number of benzene rings is 1. The molecule has 2 rings (SSSR count). The van der Waals surface area contributed by atoms with Crippen LogP contribution in [0.1, 0.15) is 12.0 Å². The van der Waals surface area contributed by atoms with Gasteiger partial charge in [0.25, 0.3) is 5.91 Å². The van der Waals surface area contributed by atoms with Gasteiger partial charge in [-0.3, -0.25) is 4.79 Å². The zero-order valence-corrected chi connectivity index (χ0v) is 12.5. The molecule has 1 aliphatic rings. The molecule has 1 heterocycles. The second-order valence-corrected chi connectivity index (χ2v) is 5.84. The first-order chi connectivity index (χ1) is 10.2. The molecule has 7 heteroatoms. The fourth-order valence-electron chi connectivity index (χ4n) is 2.08. The van der Waals surface area contributed by atoms with Crippen LogP contribution in [0.15, 0.2) is 29.4 Å². The van der Waals surface area contributed by atoms with Crippen molar-refractivity contribution in [1.29, 1.82) is 0 Å². The zero-order valence-electron chi connectivity index (χ0n) is 11.7. The highest BCUT2D eigenvalue weighted by Crippen LogP contribution is 2.18. The van der Waals surface area contributed by atoms with Crippen LogP contribution >= 0.6 is 11.8 Å². The summed E-state index contributed by atoms with van der Waals surface area (Å²) in [6.07, 6.45) is 1.01. The van der Waals surface area contributed by atoms with Gasteiger partial charge in [-0.05, 0) is 24.3 Å². The van der Waals surface area contributed by atoms with E-state index in [4.69, 9.17) is 15.7 Å². The van der Waals surface area contributed by atoms with E-state index < -0.39 is 0 Å². The Morgan fingerprint density at radius 2 is 2.19 bits per heavy atom. The summed E-state index contributed by atoms with van der Waals surface area (Å²) in [4.78, 5) is 14.0. The van der Waals surface area contributed by atoms with E-state index in [1.54, 1.807) is 24.3 Å². The number of rotatable bonds is 4. The molecule has 1 fully saturated rings. The Hall–Kier alpha value is -1.89. The maximum atomic E-state index is 12.2. The minimum Gasteiger partial charge on any atom is -0.483 e. The van der Waals surface area contributed by atoms with Crippen molar-refractivity contribution in [2.75, 3.05) is 31.2 Å². The summed E-state index contributed by atoms with van der Waals surface area (Å²) in [5.41, 5.74) is 6.06. The Kier molecular flexibility index (Phi) is 5.74. The van der Waals surface area contributed by atoms with Crippen LogP contribution in [0.3, 0.4) is 0 Å². The van der Waals surface area contributed by atoms with Crippen molar-refractivity contribution in [1.82, 2.24) is 4.90 Å². The third kappa shape index (κ3) is 4.29. The van der Waals surface area contributed by atoms with Gasteiger partial charge in [-0.25, -0.2) is 0 Å². The monoisotopic (exact) mass is 309 g/mol. The third-order valence-corrected chi connectivity index (χ3v) is 4.25. The van der Waals surface area contributed by atoms with E-state index in [0.29, 0.717) is 11.3 Å². The number of nitrogens with zero attached hydrogens (tertiary/aromatic N) is 2. The van der Waals surface area contributed by atoms with Gasteiger partial charge < -0.3 is 20.6 Å². The highest BCUT2D eigenvalue weighted by Gasteiger charge is 2.17. The molecule has 0 aliphatic carbocycles. The first-order valence-electron chi connectivity index (χ1n) is 6.77. The molecule has 0 spiro atoms. The Balaban J connectivity index is 1.98. The van der Waals surface area contributed by atoms with Gasteiger partial charge >= 0.3 is 0 Å². The van der Waals surface area contributed by atoms with Crippen molar-refractivity contribution in [2.24, 2.45) is 10.9 Å². The second-order valence-electron chi connectivity index (χ2n) is 4.62. The van der Waals surface area contributed by atoms with Crippen molar-refractivity contribution < 1.29 is 14.7 Å². The van der Waals surface area contributed by atoms with Crippen LogP contribution in [-0.4, -0.2) is 53.1 Å². The third-order valence-electron chi connectivity index (χ3n) is 3.20. The highest BCUT2D eigenvalue weighted by atomic mass is 32.2. The predicted molar refractivity (Wildman–Crippen MR) is 83.0 cm³/mol. The number of thioether (sulfide) groups is 1. The molecule has 0 aromatic heterocycles. The standard InChI is InChI=1S/C14H19N3O3S/c15-14(16-19)11-4-1-2-5-12(11)20-10-13(18)17-6-3-8-21-9-7-17/h1-2,4-5,19H,3,6-10H2,(H2,15,16). The Morgan fingerprint density at radius 3 is 3.00 bits per heavy atom. The highest BCUT2D eigenvalue weighted by molar-refractivity contribution is 7.99. The molecular weight excluding hydrogens is 290 g/mol. The van der Waals surface area contributed by atoms with Crippen molar-refractivity contribution >= 4 is 23.5 Å². The minimum atomic E-state index is -0.0413. The quantitative estimate of drug-likeness (QED) is 0.377. The average molecular weight is 309 g/mol. The fraction of sp³-hybridized carbons (Fsp3) is 0.429. The first kappa shape index (κ1) is 15.5. The molecular formula is C14H19N3O3S. The van der Waals surface area contributed by atoms with Gasteiger partial charge in [0.15, 0.2) is 12.4 Å². The lowest BCUT2D eigenvalue weighted by Crippen LogP contribution is -2.36. The zero-order chi connectivity index (χ0) is 15.1. The number of para-hydroxylation sites is 1. The number of carbonyl (C=O) groups excluding carboxylic acids is 1. The number of hydrogen-bond donors (Lipinski definition) is 2. The summed E-state index contributed by atoms with van der Waals surface area (Å²) in [7, 11) is 0. The average Bonchev–Trinajstić information content (AvgIpc) is 2.81. The van der Waals surface area contributed by atoms with Crippen LogP contribution in [0, 0.1) is 0 Å². The number of nitrogens with two attached hydrogens (primary N) is 1. The van der Waals surface area contributed by atoms with Crippen LogP contribution in [-0.2, 0) is 4.79 Å². The van der Waals surface area contributed by atoms with Crippen LogP contribution < -0.4 is 10.5 Å². The van der Waals surface area contributed by atoms with Crippen molar-refractivity contribution in [2.45, 2.75) is 6.42 Å². The summed E-state index contributed by atoms with van der Waals surface area (Å²) < 4.78 is 5.55. The van der Waals surface area contributed by atoms with Crippen LogP contribution in [0.4, 0.5) is 0 Å². The summed E-state index contributed by atoms with van der Waals surface area (Å²) in [5, 5.41) is 11.7. The van der Waals surface area contributed by atoms with Crippen LogP contribution in [0.5, 0.6) is 5.75 Å². The number of amides is 1. The number of amidine groups is 1. The predicted octanol–water partition coefficient (Wildman–Crippen LogP) is 1.13. The molecule has 0 radical (unpaired) electrons. The Bertz CT molecular complexity index is 514. The normalized spacial score (nSPS) is 16.4. The van der Waals surface area contributed by atoms with Crippen molar-refractivity contribution in [3.05, 3.63) is 29.8 Å². The molecule has 0 unspecified atom stereocenters. The Labute approximate surface area is 127 Å². The van der Waals surface area contributed by atoms with E-state index in [-0.39, 0.29) is 18.3 Å². The molecule has 1 aliphatic heterocycles. The fourth-order valence-corrected chi connectivity index (χ4v) is 2.97. The van der Waals surface area contributed by atoms with Crippen molar-refractivity contribution in [3.8, 4) is 5.75 Å². The minimum absolute atomic E-state index is 0.0354. The summed E-state index contributed by atoms with van der Waals surface area (Å²) in [5.74, 6) is 2.42. The van der Waals surface area contributed by atoms with E-state index in [1.165, 1.54) is 0 Å². The molecule has 1 saturated heterocycles. The largest absolute Gasteiger partial charge is 0.483 e. The maximum Gasteiger partial charge on any atom is 0.260 e. The molecule has 0 bridgehead atoms. The van der Waals surface area contributed by atoms with E-state index in [0.717, 1.165) is 31.0 Å². The van der Waals surface area contributed by atoms with Gasteiger partial charge in [-0.15, -0.1) is 0 Å².